The highest BCUT2D eigenvalue weighted by Gasteiger charge is 2.23. The fourth-order valence-electron chi connectivity index (χ4n) is 5.54. The van der Waals surface area contributed by atoms with Gasteiger partial charge in [0.2, 0.25) is 0 Å². The molecule has 1 N–H and O–H groups in total. The minimum Gasteiger partial charge on any atom is -0.495 e. The van der Waals surface area contributed by atoms with E-state index in [9.17, 15) is 4.79 Å². The largest absolute Gasteiger partial charge is 0.495 e. The number of ether oxygens (including phenoxy) is 2. The Morgan fingerprint density at radius 1 is 0.778 bits per heavy atom. The smallest absolute Gasteiger partial charge is 0.259 e. The molecule has 1 aliphatic heterocycles. The number of nitrogens with zero attached hydrogens (tertiary/aromatic N) is 5. The molecule has 6 rings (SSSR count). The summed E-state index contributed by atoms with van der Waals surface area (Å²) in [5.74, 6) is 0.877. The molecular weight excluding hydrogens is 611 g/mol. The van der Waals surface area contributed by atoms with E-state index < -0.39 is 0 Å². The first kappa shape index (κ1) is 30.7. The zero-order chi connectivity index (χ0) is 31.3. The van der Waals surface area contributed by atoms with Crippen molar-refractivity contribution in [3.8, 4) is 22.6 Å². The van der Waals surface area contributed by atoms with Crippen LogP contribution in [-0.4, -0.2) is 71.1 Å². The van der Waals surface area contributed by atoms with Crippen molar-refractivity contribution in [1.29, 1.82) is 0 Å². The quantitative estimate of drug-likeness (QED) is 0.193. The molecule has 2 aromatic heterocycles. The Bertz CT molecular complexity index is 1790. The molecule has 1 amide bonds. The van der Waals surface area contributed by atoms with Gasteiger partial charge in [-0.3, -0.25) is 24.6 Å². The summed E-state index contributed by atoms with van der Waals surface area (Å²) in [4.78, 5) is 31.9. The number of hydrogen-bond acceptors (Lipinski definition) is 8. The number of pyridine rings is 1. The minimum absolute atomic E-state index is 0.297. The first-order valence-corrected chi connectivity index (χ1v) is 15.3. The number of halogens is 2. The lowest BCUT2D eigenvalue weighted by Gasteiger charge is -2.34. The van der Waals surface area contributed by atoms with Crippen LogP contribution >= 0.6 is 23.2 Å². The number of piperazine rings is 1. The van der Waals surface area contributed by atoms with Crippen LogP contribution in [0.1, 0.15) is 21.5 Å². The number of anilines is 1. The van der Waals surface area contributed by atoms with Crippen LogP contribution in [0.15, 0.2) is 79.3 Å². The summed E-state index contributed by atoms with van der Waals surface area (Å²) in [5, 5.41) is 3.49. The maximum absolute atomic E-state index is 13.5. The van der Waals surface area contributed by atoms with Gasteiger partial charge in [0.1, 0.15) is 22.8 Å². The van der Waals surface area contributed by atoms with E-state index in [1.54, 1.807) is 24.4 Å². The normalized spacial score (nSPS) is 14.0. The highest BCUT2D eigenvalue weighted by Crippen LogP contribution is 2.47. The Kier molecular flexibility index (Phi) is 9.42. The molecule has 45 heavy (non-hydrogen) atoms. The van der Waals surface area contributed by atoms with Crippen LogP contribution < -0.4 is 14.8 Å². The van der Waals surface area contributed by atoms with Crippen LogP contribution in [-0.2, 0) is 13.1 Å². The molecule has 1 fully saturated rings. The number of rotatable bonds is 9. The second-order valence-corrected chi connectivity index (χ2v) is 11.5. The molecule has 0 spiro atoms. The molecule has 0 bridgehead atoms. The van der Waals surface area contributed by atoms with E-state index in [2.05, 4.69) is 60.4 Å². The number of amides is 1. The third-order valence-corrected chi connectivity index (χ3v) is 8.65. The summed E-state index contributed by atoms with van der Waals surface area (Å²) in [5.41, 5.74) is 4.68. The van der Waals surface area contributed by atoms with Crippen LogP contribution in [0.2, 0.25) is 10.0 Å². The van der Waals surface area contributed by atoms with Gasteiger partial charge in [-0.2, -0.15) is 0 Å². The second kappa shape index (κ2) is 13.8. The number of fused-ring (bicyclic) bond motifs is 1. The topological polar surface area (TPSA) is 92.7 Å². The lowest BCUT2D eigenvalue weighted by atomic mass is 9.99. The van der Waals surface area contributed by atoms with Crippen LogP contribution in [0.5, 0.6) is 11.5 Å². The van der Waals surface area contributed by atoms with E-state index >= 15 is 0 Å². The number of hydrogen-bond donors (Lipinski definition) is 1. The number of benzene rings is 3. The molecule has 0 aliphatic carbocycles. The Balaban J connectivity index is 1.15. The van der Waals surface area contributed by atoms with E-state index in [0.29, 0.717) is 55.1 Å². The lowest BCUT2D eigenvalue weighted by molar-refractivity contribution is 0.102. The standard InChI is InChI=1S/C34H32Cl2N6O3/c1-44-26-18-27(45-2)31(36)29(30(26)35)24-9-10-25(33-32(24)37-12-13-38-33)34(43)40-28-11-8-23(19-39-28)21-42-16-14-41(15-17-42)20-22-6-4-3-5-7-22/h3-13,18-19H,14-17,20-21H2,1-2H3,(H,39,40,43). The van der Waals surface area contributed by atoms with E-state index in [0.717, 1.165) is 44.8 Å². The van der Waals surface area contributed by atoms with Gasteiger partial charge in [-0.15, -0.1) is 0 Å². The average molecular weight is 644 g/mol. The van der Waals surface area contributed by atoms with Crippen LogP contribution in [0.4, 0.5) is 5.82 Å². The predicted molar refractivity (Wildman–Crippen MR) is 177 cm³/mol. The van der Waals surface area contributed by atoms with Gasteiger partial charge in [0, 0.05) is 75.1 Å². The Hall–Kier alpha value is -4.28. The summed E-state index contributed by atoms with van der Waals surface area (Å²) in [7, 11) is 3.02. The Morgan fingerprint density at radius 3 is 2.00 bits per heavy atom. The fourth-order valence-corrected chi connectivity index (χ4v) is 6.25. The van der Waals surface area contributed by atoms with Crippen molar-refractivity contribution < 1.29 is 14.3 Å². The van der Waals surface area contributed by atoms with Gasteiger partial charge in [-0.1, -0.05) is 65.7 Å². The first-order valence-electron chi connectivity index (χ1n) is 14.5. The van der Waals surface area contributed by atoms with E-state index in [1.165, 1.54) is 26.0 Å². The van der Waals surface area contributed by atoms with Crippen LogP contribution in [0, 0.1) is 0 Å². The minimum atomic E-state index is -0.359. The molecule has 1 saturated heterocycles. The monoisotopic (exact) mass is 642 g/mol. The van der Waals surface area contributed by atoms with Crippen molar-refractivity contribution in [2.75, 3.05) is 45.7 Å². The number of carbonyl (C=O) groups is 1. The SMILES string of the molecule is COc1cc(OC)c(Cl)c(-c2ccc(C(=O)Nc3ccc(CN4CCN(Cc5ccccc5)CC4)cn3)c3nccnc23)c1Cl. The molecule has 0 radical (unpaired) electrons. The molecule has 9 nitrogen and oxygen atoms in total. The van der Waals surface area contributed by atoms with Crippen molar-refractivity contribution in [3.63, 3.8) is 0 Å². The van der Waals surface area contributed by atoms with E-state index in [4.69, 9.17) is 32.7 Å². The van der Waals surface area contributed by atoms with Gasteiger partial charge in [0.25, 0.3) is 5.91 Å². The van der Waals surface area contributed by atoms with Gasteiger partial charge in [0.05, 0.1) is 35.3 Å². The van der Waals surface area contributed by atoms with Gasteiger partial charge < -0.3 is 14.8 Å². The fraction of sp³-hybridized carbons (Fsp3) is 0.235. The summed E-state index contributed by atoms with van der Waals surface area (Å²) in [6, 6.07) is 19.4. The van der Waals surface area contributed by atoms with Crippen molar-refractivity contribution in [1.82, 2.24) is 24.8 Å². The zero-order valence-electron chi connectivity index (χ0n) is 25.0. The van der Waals surface area contributed by atoms with Crippen molar-refractivity contribution in [2.45, 2.75) is 13.1 Å². The summed E-state index contributed by atoms with van der Waals surface area (Å²) in [6.07, 6.45) is 4.90. The molecule has 0 saturated carbocycles. The Morgan fingerprint density at radius 2 is 1.40 bits per heavy atom. The van der Waals surface area contributed by atoms with Gasteiger partial charge in [0.15, 0.2) is 0 Å². The molecule has 3 heterocycles. The molecule has 11 heteroatoms. The van der Waals surface area contributed by atoms with Gasteiger partial charge in [-0.25, -0.2) is 4.98 Å². The number of nitrogens with one attached hydrogen (secondary N) is 1. The van der Waals surface area contributed by atoms with Crippen molar-refractivity contribution in [3.05, 3.63) is 106 Å². The molecule has 5 aromatic rings. The third kappa shape index (κ3) is 6.72. The number of methoxy groups -OCH3 is 2. The summed E-state index contributed by atoms with van der Waals surface area (Å²) in [6.45, 7) is 5.82. The highest BCUT2D eigenvalue weighted by atomic mass is 35.5. The first-order chi connectivity index (χ1) is 21.9. The van der Waals surface area contributed by atoms with Crippen molar-refractivity contribution >= 4 is 46.0 Å². The van der Waals surface area contributed by atoms with Crippen LogP contribution in [0.25, 0.3) is 22.2 Å². The number of carbonyl (C=O) groups excluding carboxylic acids is 1. The number of aromatic nitrogens is 3. The van der Waals surface area contributed by atoms with E-state index in [-0.39, 0.29) is 5.91 Å². The molecule has 1 aliphatic rings. The predicted octanol–water partition coefficient (Wildman–Crippen LogP) is 6.59. The average Bonchev–Trinajstić information content (AvgIpc) is 3.07. The maximum atomic E-state index is 13.5. The van der Waals surface area contributed by atoms with Crippen molar-refractivity contribution in [2.24, 2.45) is 0 Å². The molecular formula is C34H32Cl2N6O3. The third-order valence-electron chi connectivity index (χ3n) is 7.90. The van der Waals surface area contributed by atoms with E-state index in [1.807, 2.05) is 18.3 Å². The highest BCUT2D eigenvalue weighted by molar-refractivity contribution is 6.41. The van der Waals surface area contributed by atoms with Gasteiger partial charge in [-0.05, 0) is 23.3 Å². The molecule has 0 unspecified atom stereocenters. The molecule has 0 atom stereocenters. The zero-order valence-corrected chi connectivity index (χ0v) is 26.5. The summed E-state index contributed by atoms with van der Waals surface area (Å²) < 4.78 is 10.9. The lowest BCUT2D eigenvalue weighted by Crippen LogP contribution is -2.45. The van der Waals surface area contributed by atoms with Gasteiger partial charge >= 0.3 is 0 Å². The molecule has 230 valence electrons. The van der Waals surface area contributed by atoms with Crippen LogP contribution in [0.3, 0.4) is 0 Å². The summed E-state index contributed by atoms with van der Waals surface area (Å²) >= 11 is 13.4. The molecule has 3 aromatic carbocycles. The Labute approximate surface area is 271 Å². The maximum Gasteiger partial charge on any atom is 0.259 e. The second-order valence-electron chi connectivity index (χ2n) is 10.7.